The third kappa shape index (κ3) is 5.28. The van der Waals surface area contributed by atoms with E-state index in [4.69, 9.17) is 9.47 Å². The highest BCUT2D eigenvalue weighted by Crippen LogP contribution is 2.28. The molecule has 0 aliphatic heterocycles. The largest absolute Gasteiger partial charge is 0.493 e. The summed E-state index contributed by atoms with van der Waals surface area (Å²) in [5, 5.41) is 0. The number of carbonyl (C=O) groups excluding carboxylic acids is 2. The molecule has 1 heterocycles. The first kappa shape index (κ1) is 17.9. The van der Waals surface area contributed by atoms with Gasteiger partial charge in [-0.25, -0.2) is 0 Å². The Morgan fingerprint density at radius 2 is 2.08 bits per heavy atom. The molecule has 1 aromatic carbocycles. The summed E-state index contributed by atoms with van der Waals surface area (Å²) in [6.07, 6.45) is 6.15. The molecule has 0 saturated heterocycles. The Kier molecular flexibility index (Phi) is 6.41. The first-order valence-corrected chi connectivity index (χ1v) is 7.47. The summed E-state index contributed by atoms with van der Waals surface area (Å²) in [6.45, 7) is 3.96. The third-order valence-corrected chi connectivity index (χ3v) is 3.11. The van der Waals surface area contributed by atoms with E-state index in [-0.39, 0.29) is 0 Å². The van der Waals surface area contributed by atoms with Crippen LogP contribution >= 0.6 is 0 Å². The highest BCUT2D eigenvalue weighted by atomic mass is 16.5. The zero-order chi connectivity index (χ0) is 18.1. The molecule has 25 heavy (non-hydrogen) atoms. The molecule has 0 bridgehead atoms. The molecule has 7 nitrogen and oxygen atoms in total. The highest BCUT2D eigenvalue weighted by molar-refractivity contribution is 5.96. The van der Waals surface area contributed by atoms with Crippen molar-refractivity contribution in [3.05, 3.63) is 66.5 Å². The number of hydrogen-bond donors (Lipinski definition) is 3. The van der Waals surface area contributed by atoms with Gasteiger partial charge >= 0.3 is 0 Å². The van der Waals surface area contributed by atoms with Crippen molar-refractivity contribution in [1.29, 1.82) is 0 Å². The van der Waals surface area contributed by atoms with Crippen molar-refractivity contribution in [2.75, 3.05) is 13.7 Å². The van der Waals surface area contributed by atoms with E-state index in [0.717, 1.165) is 5.56 Å². The molecule has 0 aliphatic rings. The topological polar surface area (TPSA) is 92.5 Å². The van der Waals surface area contributed by atoms with Gasteiger partial charge in [0, 0.05) is 12.3 Å². The lowest BCUT2D eigenvalue weighted by Gasteiger charge is -2.09. The van der Waals surface area contributed by atoms with E-state index < -0.39 is 11.8 Å². The lowest BCUT2D eigenvalue weighted by atomic mass is 10.2. The number of hydrazine groups is 1. The molecule has 3 N–H and O–H groups in total. The Morgan fingerprint density at radius 3 is 2.76 bits per heavy atom. The van der Waals surface area contributed by atoms with Gasteiger partial charge in [0.25, 0.3) is 11.8 Å². The Morgan fingerprint density at radius 1 is 1.24 bits per heavy atom. The van der Waals surface area contributed by atoms with Gasteiger partial charge in [-0.05, 0) is 35.9 Å². The first-order chi connectivity index (χ1) is 12.1. The number of rotatable bonds is 7. The molecule has 2 amide bonds. The molecular formula is C18H19N3O4. The monoisotopic (exact) mass is 341 g/mol. The molecule has 0 spiro atoms. The van der Waals surface area contributed by atoms with E-state index in [9.17, 15) is 9.59 Å². The van der Waals surface area contributed by atoms with E-state index >= 15 is 0 Å². The first-order valence-electron chi connectivity index (χ1n) is 7.47. The minimum absolute atomic E-state index is 0.351. The summed E-state index contributed by atoms with van der Waals surface area (Å²) < 4.78 is 10.7. The number of carbonyl (C=O) groups is 2. The average molecular weight is 341 g/mol. The van der Waals surface area contributed by atoms with Gasteiger partial charge in [-0.2, -0.15) is 0 Å². The SMILES string of the molecule is C=CCOc1ccc(/C=C/C(=O)NNC(=O)c2ccc[nH]2)cc1OC. The van der Waals surface area contributed by atoms with Crippen LogP contribution in [0.25, 0.3) is 6.08 Å². The summed E-state index contributed by atoms with van der Waals surface area (Å²) in [5.41, 5.74) is 5.69. The quantitative estimate of drug-likeness (QED) is 0.408. The van der Waals surface area contributed by atoms with Crippen LogP contribution in [0.2, 0.25) is 0 Å². The summed E-state index contributed by atoms with van der Waals surface area (Å²) >= 11 is 0. The Hall–Kier alpha value is -3.48. The smallest absolute Gasteiger partial charge is 0.286 e. The maximum Gasteiger partial charge on any atom is 0.286 e. The number of amides is 2. The van der Waals surface area contributed by atoms with E-state index in [1.807, 2.05) is 0 Å². The van der Waals surface area contributed by atoms with Crippen molar-refractivity contribution in [2.45, 2.75) is 0 Å². The van der Waals surface area contributed by atoms with Gasteiger partial charge in [0.1, 0.15) is 12.3 Å². The summed E-state index contributed by atoms with van der Waals surface area (Å²) in [4.78, 5) is 26.2. The summed E-state index contributed by atoms with van der Waals surface area (Å²) in [6, 6.07) is 8.54. The van der Waals surface area contributed by atoms with Gasteiger partial charge in [0.05, 0.1) is 7.11 Å². The number of aromatic amines is 1. The van der Waals surface area contributed by atoms with Crippen LogP contribution in [0, 0.1) is 0 Å². The minimum Gasteiger partial charge on any atom is -0.493 e. The third-order valence-electron chi connectivity index (χ3n) is 3.11. The zero-order valence-corrected chi connectivity index (χ0v) is 13.7. The molecule has 0 unspecified atom stereocenters. The Labute approximate surface area is 145 Å². The van der Waals surface area contributed by atoms with Crippen LogP contribution < -0.4 is 20.3 Å². The molecule has 0 saturated carbocycles. The maximum atomic E-state index is 11.8. The standard InChI is InChI=1S/C18H19N3O4/c1-3-11-25-15-8-6-13(12-16(15)24-2)7-9-17(22)20-21-18(23)14-5-4-10-19-14/h3-10,12,19H,1,11H2,2H3,(H,20,22)(H,21,23)/b9-7+. The molecule has 2 rings (SSSR count). The van der Waals surface area contributed by atoms with Crippen LogP contribution in [-0.4, -0.2) is 30.5 Å². The average Bonchev–Trinajstić information content (AvgIpc) is 3.17. The van der Waals surface area contributed by atoms with Crippen molar-refractivity contribution < 1.29 is 19.1 Å². The molecule has 0 aliphatic carbocycles. The fraction of sp³-hybridized carbons (Fsp3) is 0.111. The van der Waals surface area contributed by atoms with Crippen LogP contribution in [0.1, 0.15) is 16.1 Å². The van der Waals surface area contributed by atoms with Crippen LogP contribution in [0.15, 0.2) is 55.3 Å². The van der Waals surface area contributed by atoms with Gasteiger partial charge < -0.3 is 14.5 Å². The van der Waals surface area contributed by atoms with Crippen molar-refractivity contribution >= 4 is 17.9 Å². The van der Waals surface area contributed by atoms with Gasteiger partial charge in [-0.15, -0.1) is 0 Å². The summed E-state index contributed by atoms with van der Waals surface area (Å²) in [5.74, 6) is 0.231. The number of methoxy groups -OCH3 is 1. The van der Waals surface area contributed by atoms with Gasteiger partial charge in [0.15, 0.2) is 11.5 Å². The van der Waals surface area contributed by atoms with Crippen molar-refractivity contribution in [3.8, 4) is 11.5 Å². The minimum atomic E-state index is -0.467. The second-order valence-electron chi connectivity index (χ2n) is 4.87. The number of benzene rings is 1. The molecule has 0 radical (unpaired) electrons. The Bertz CT molecular complexity index is 767. The second-order valence-corrected chi connectivity index (χ2v) is 4.87. The maximum absolute atomic E-state index is 11.8. The second kappa shape index (κ2) is 8.97. The van der Waals surface area contributed by atoms with Gasteiger partial charge in [-0.3, -0.25) is 20.4 Å². The van der Waals surface area contributed by atoms with Crippen LogP contribution in [-0.2, 0) is 4.79 Å². The molecular weight excluding hydrogens is 322 g/mol. The lowest BCUT2D eigenvalue weighted by molar-refractivity contribution is -0.117. The van der Waals surface area contributed by atoms with Crippen LogP contribution in [0.5, 0.6) is 11.5 Å². The number of H-pyrrole nitrogens is 1. The fourth-order valence-electron chi connectivity index (χ4n) is 1.93. The fourth-order valence-corrected chi connectivity index (χ4v) is 1.93. The van der Waals surface area contributed by atoms with Crippen molar-refractivity contribution in [1.82, 2.24) is 15.8 Å². The number of nitrogens with one attached hydrogen (secondary N) is 3. The zero-order valence-electron chi connectivity index (χ0n) is 13.7. The number of hydrogen-bond acceptors (Lipinski definition) is 4. The van der Waals surface area contributed by atoms with E-state index in [1.165, 1.54) is 13.2 Å². The lowest BCUT2D eigenvalue weighted by Crippen LogP contribution is -2.40. The van der Waals surface area contributed by atoms with Gasteiger partial charge in [-0.1, -0.05) is 18.7 Å². The van der Waals surface area contributed by atoms with E-state index in [2.05, 4.69) is 22.4 Å². The predicted molar refractivity (Wildman–Crippen MR) is 94.1 cm³/mol. The molecule has 2 aromatic rings. The molecule has 1 aromatic heterocycles. The number of aromatic nitrogens is 1. The van der Waals surface area contributed by atoms with Crippen LogP contribution in [0.3, 0.4) is 0 Å². The molecule has 0 atom stereocenters. The predicted octanol–water partition coefficient (Wildman–Crippen LogP) is 2.06. The van der Waals surface area contributed by atoms with Crippen LogP contribution in [0.4, 0.5) is 0 Å². The highest BCUT2D eigenvalue weighted by Gasteiger charge is 2.06. The molecule has 7 heteroatoms. The van der Waals surface area contributed by atoms with E-state index in [0.29, 0.717) is 23.8 Å². The van der Waals surface area contributed by atoms with Crippen molar-refractivity contribution in [2.24, 2.45) is 0 Å². The van der Waals surface area contributed by atoms with Crippen molar-refractivity contribution in [3.63, 3.8) is 0 Å². The summed E-state index contributed by atoms with van der Waals surface area (Å²) in [7, 11) is 1.53. The Balaban J connectivity index is 1.92. The normalized spacial score (nSPS) is 10.3. The van der Waals surface area contributed by atoms with E-state index in [1.54, 1.807) is 48.7 Å². The van der Waals surface area contributed by atoms with Gasteiger partial charge in [0.2, 0.25) is 0 Å². The molecule has 0 fully saturated rings. The number of ether oxygens (including phenoxy) is 2. The molecule has 130 valence electrons.